The van der Waals surface area contributed by atoms with Crippen LogP contribution < -0.4 is 10.2 Å². The standard InChI is InChI=1S/C15H18N6O3/c22-13(23)10-21-9-12(7-18-21)19-14(24)11-3-1-6-20(8-11)15-16-4-2-5-17-15/h2,4-5,7,9,11H,1,3,6,8,10H2,(H,19,24)(H,22,23). The topological polar surface area (TPSA) is 113 Å². The number of aliphatic carboxylic acids is 1. The lowest BCUT2D eigenvalue weighted by Gasteiger charge is -2.31. The van der Waals surface area contributed by atoms with Gasteiger partial charge in [-0.3, -0.25) is 14.3 Å². The highest BCUT2D eigenvalue weighted by atomic mass is 16.4. The quantitative estimate of drug-likeness (QED) is 0.826. The van der Waals surface area contributed by atoms with E-state index in [0.29, 0.717) is 18.2 Å². The van der Waals surface area contributed by atoms with Crippen LogP contribution in [0, 0.1) is 5.92 Å². The Hall–Kier alpha value is -2.97. The number of rotatable bonds is 5. The van der Waals surface area contributed by atoms with Gasteiger partial charge < -0.3 is 15.3 Å². The summed E-state index contributed by atoms with van der Waals surface area (Å²) in [7, 11) is 0. The van der Waals surface area contributed by atoms with Crippen LogP contribution in [0.25, 0.3) is 0 Å². The van der Waals surface area contributed by atoms with Gasteiger partial charge in [-0.25, -0.2) is 9.97 Å². The lowest BCUT2D eigenvalue weighted by molar-refractivity contribution is -0.137. The predicted octanol–water partition coefficient (Wildman–Crippen LogP) is 0.613. The molecule has 1 atom stereocenters. The first kappa shape index (κ1) is 15.9. The van der Waals surface area contributed by atoms with Gasteiger partial charge in [-0.2, -0.15) is 5.10 Å². The predicted molar refractivity (Wildman–Crippen MR) is 85.5 cm³/mol. The number of nitrogens with zero attached hydrogens (tertiary/aromatic N) is 5. The third kappa shape index (κ3) is 3.86. The van der Waals surface area contributed by atoms with Gasteiger partial charge in [-0.15, -0.1) is 0 Å². The summed E-state index contributed by atoms with van der Waals surface area (Å²) in [6.45, 7) is 1.14. The maximum Gasteiger partial charge on any atom is 0.325 e. The lowest BCUT2D eigenvalue weighted by Crippen LogP contribution is -2.41. The molecule has 0 aliphatic carbocycles. The van der Waals surface area contributed by atoms with E-state index in [1.54, 1.807) is 18.5 Å². The van der Waals surface area contributed by atoms with Crippen molar-refractivity contribution in [3.63, 3.8) is 0 Å². The fraction of sp³-hybridized carbons (Fsp3) is 0.400. The lowest BCUT2D eigenvalue weighted by atomic mass is 9.97. The molecular formula is C15H18N6O3. The maximum absolute atomic E-state index is 12.4. The summed E-state index contributed by atoms with van der Waals surface area (Å²) in [5.74, 6) is -0.637. The molecule has 3 heterocycles. The van der Waals surface area contributed by atoms with E-state index in [4.69, 9.17) is 5.11 Å². The fourth-order valence-electron chi connectivity index (χ4n) is 2.72. The third-order valence-electron chi connectivity index (χ3n) is 3.83. The number of carboxylic acids is 1. The number of carboxylic acid groups (broad SMARTS) is 1. The molecule has 3 rings (SSSR count). The molecule has 0 spiro atoms. The molecular weight excluding hydrogens is 312 g/mol. The zero-order valence-corrected chi connectivity index (χ0v) is 13.0. The molecule has 2 N–H and O–H groups in total. The number of carbonyl (C=O) groups is 2. The number of aromatic nitrogens is 4. The fourth-order valence-corrected chi connectivity index (χ4v) is 2.72. The highest BCUT2D eigenvalue weighted by molar-refractivity contribution is 5.92. The van der Waals surface area contributed by atoms with Gasteiger partial charge in [-0.05, 0) is 18.9 Å². The van der Waals surface area contributed by atoms with E-state index >= 15 is 0 Å². The summed E-state index contributed by atoms with van der Waals surface area (Å²) in [5, 5.41) is 15.4. The van der Waals surface area contributed by atoms with Gasteiger partial charge in [0.1, 0.15) is 6.54 Å². The van der Waals surface area contributed by atoms with Crippen molar-refractivity contribution in [2.24, 2.45) is 5.92 Å². The molecule has 1 aliphatic heterocycles. The van der Waals surface area contributed by atoms with Gasteiger partial charge in [0.25, 0.3) is 0 Å². The van der Waals surface area contributed by atoms with Gasteiger partial charge in [0, 0.05) is 31.7 Å². The van der Waals surface area contributed by atoms with Gasteiger partial charge in [0.05, 0.1) is 17.8 Å². The van der Waals surface area contributed by atoms with E-state index in [9.17, 15) is 9.59 Å². The first-order chi connectivity index (χ1) is 11.6. The SMILES string of the molecule is O=C(O)Cn1cc(NC(=O)C2CCCN(c3ncccn3)C2)cn1. The number of nitrogens with one attached hydrogen (secondary N) is 1. The van der Waals surface area contributed by atoms with Crippen molar-refractivity contribution in [1.82, 2.24) is 19.7 Å². The van der Waals surface area contributed by atoms with Crippen LogP contribution in [0.2, 0.25) is 0 Å². The van der Waals surface area contributed by atoms with Gasteiger partial charge in [-0.1, -0.05) is 0 Å². The highest BCUT2D eigenvalue weighted by Gasteiger charge is 2.27. The molecule has 0 radical (unpaired) electrons. The van der Waals surface area contributed by atoms with Crippen LogP contribution >= 0.6 is 0 Å². The van der Waals surface area contributed by atoms with Crippen molar-refractivity contribution in [3.8, 4) is 0 Å². The second-order valence-corrected chi connectivity index (χ2v) is 5.64. The van der Waals surface area contributed by atoms with E-state index in [-0.39, 0.29) is 18.4 Å². The minimum absolute atomic E-state index is 0.106. The minimum Gasteiger partial charge on any atom is -0.480 e. The van der Waals surface area contributed by atoms with Crippen LogP contribution in [0.15, 0.2) is 30.9 Å². The van der Waals surface area contributed by atoms with Crippen LogP contribution in [0.5, 0.6) is 0 Å². The molecule has 1 aliphatic rings. The highest BCUT2D eigenvalue weighted by Crippen LogP contribution is 2.21. The number of carbonyl (C=O) groups excluding carboxylic acids is 1. The van der Waals surface area contributed by atoms with Crippen molar-refractivity contribution >= 4 is 23.5 Å². The molecule has 1 saturated heterocycles. The summed E-state index contributed by atoms with van der Waals surface area (Å²) in [4.78, 5) is 33.5. The zero-order valence-electron chi connectivity index (χ0n) is 13.0. The Labute approximate surface area is 138 Å². The largest absolute Gasteiger partial charge is 0.480 e. The summed E-state index contributed by atoms with van der Waals surface area (Å²) in [6.07, 6.45) is 7.99. The van der Waals surface area contributed by atoms with E-state index in [1.807, 2.05) is 4.90 Å². The molecule has 0 bridgehead atoms. The van der Waals surface area contributed by atoms with Crippen molar-refractivity contribution in [2.75, 3.05) is 23.3 Å². The number of anilines is 2. The van der Waals surface area contributed by atoms with E-state index in [2.05, 4.69) is 20.4 Å². The Kier molecular flexibility index (Phi) is 4.69. The van der Waals surface area contributed by atoms with Gasteiger partial charge in [0.2, 0.25) is 11.9 Å². The molecule has 0 saturated carbocycles. The molecule has 9 heteroatoms. The Balaban J connectivity index is 1.60. The second-order valence-electron chi connectivity index (χ2n) is 5.64. The second kappa shape index (κ2) is 7.07. The maximum atomic E-state index is 12.4. The van der Waals surface area contributed by atoms with Crippen molar-refractivity contribution in [2.45, 2.75) is 19.4 Å². The Morgan fingerprint density at radius 3 is 2.88 bits per heavy atom. The van der Waals surface area contributed by atoms with Crippen molar-refractivity contribution in [1.29, 1.82) is 0 Å². The van der Waals surface area contributed by atoms with E-state index in [1.165, 1.54) is 17.1 Å². The van der Waals surface area contributed by atoms with Crippen LogP contribution in [0.1, 0.15) is 12.8 Å². The molecule has 0 aromatic carbocycles. The molecule has 24 heavy (non-hydrogen) atoms. The summed E-state index contributed by atoms with van der Waals surface area (Å²) in [6, 6.07) is 1.76. The Bertz CT molecular complexity index is 717. The molecule has 2 aromatic heterocycles. The average molecular weight is 330 g/mol. The monoisotopic (exact) mass is 330 g/mol. The van der Waals surface area contributed by atoms with Crippen LogP contribution in [-0.2, 0) is 16.1 Å². The smallest absolute Gasteiger partial charge is 0.325 e. The first-order valence-corrected chi connectivity index (χ1v) is 7.69. The first-order valence-electron chi connectivity index (χ1n) is 7.69. The van der Waals surface area contributed by atoms with Crippen molar-refractivity contribution in [3.05, 3.63) is 30.9 Å². The summed E-state index contributed by atoms with van der Waals surface area (Å²) < 4.78 is 1.27. The molecule has 1 fully saturated rings. The average Bonchev–Trinajstić information content (AvgIpc) is 3.02. The molecule has 1 unspecified atom stereocenters. The number of hydrogen-bond acceptors (Lipinski definition) is 6. The van der Waals surface area contributed by atoms with Crippen LogP contribution in [-0.4, -0.2) is 49.8 Å². The number of piperidine rings is 1. The van der Waals surface area contributed by atoms with Crippen LogP contribution in [0.4, 0.5) is 11.6 Å². The van der Waals surface area contributed by atoms with Crippen molar-refractivity contribution < 1.29 is 14.7 Å². The van der Waals surface area contributed by atoms with Gasteiger partial charge >= 0.3 is 5.97 Å². The molecule has 9 nitrogen and oxygen atoms in total. The molecule has 2 aromatic rings. The third-order valence-corrected chi connectivity index (χ3v) is 3.83. The van der Waals surface area contributed by atoms with E-state index in [0.717, 1.165) is 19.4 Å². The molecule has 1 amide bonds. The number of amides is 1. The zero-order chi connectivity index (χ0) is 16.9. The van der Waals surface area contributed by atoms with Crippen LogP contribution in [0.3, 0.4) is 0 Å². The number of hydrogen-bond donors (Lipinski definition) is 2. The Morgan fingerprint density at radius 1 is 1.33 bits per heavy atom. The van der Waals surface area contributed by atoms with E-state index < -0.39 is 5.97 Å². The summed E-state index contributed by atoms with van der Waals surface area (Å²) in [5.41, 5.74) is 0.495. The minimum atomic E-state index is -0.984. The molecule has 126 valence electrons. The van der Waals surface area contributed by atoms with Gasteiger partial charge in [0.15, 0.2) is 0 Å². The Morgan fingerprint density at radius 2 is 2.12 bits per heavy atom. The normalized spacial score (nSPS) is 17.5. The summed E-state index contributed by atoms with van der Waals surface area (Å²) >= 11 is 0.